The molecule has 37 atom stereocenters. The van der Waals surface area contributed by atoms with Crippen molar-refractivity contribution in [1.29, 1.82) is 0 Å². The Bertz CT molecular complexity index is 3330. The average Bonchev–Trinajstić information content (AvgIpc) is 1.57. The lowest BCUT2D eigenvalue weighted by Crippen LogP contribution is -2.52. The van der Waals surface area contributed by atoms with Crippen LogP contribution in [-0.2, 0) is 47.7 Å². The van der Waals surface area contributed by atoms with Crippen molar-refractivity contribution in [3.63, 3.8) is 0 Å². The summed E-state index contributed by atoms with van der Waals surface area (Å²) < 4.78 is 31.2. The summed E-state index contributed by atoms with van der Waals surface area (Å²) in [4.78, 5) is 62.8. The number of esters is 5. The van der Waals surface area contributed by atoms with Crippen molar-refractivity contribution in [1.82, 2.24) is 0 Å². The monoisotopic (exact) mass is 1480 g/mol. The van der Waals surface area contributed by atoms with E-state index < -0.39 is 0 Å². The Balaban J connectivity index is 0.000000102. The summed E-state index contributed by atoms with van der Waals surface area (Å²) in [6, 6.07) is 0. The predicted octanol–water partition coefficient (Wildman–Crippen LogP) is 22.8. The zero-order chi connectivity index (χ0) is 76.1. The molecule has 0 saturated heterocycles. The van der Waals surface area contributed by atoms with Gasteiger partial charge in [-0.05, 0) is 415 Å². The smallest absolute Gasteiger partial charge is 0.312 e. The molecule has 0 aromatic heterocycles. The molecule has 0 spiro atoms. The van der Waals surface area contributed by atoms with Crippen LogP contribution in [0, 0.1) is 212 Å². The maximum absolute atomic E-state index is 12.9. The summed E-state index contributed by atoms with van der Waals surface area (Å²) in [7, 11) is 0. The number of ether oxygens (including phenoxy) is 5. The molecule has 0 aromatic rings. The van der Waals surface area contributed by atoms with E-state index in [1.165, 1.54) is 135 Å². The van der Waals surface area contributed by atoms with Gasteiger partial charge in [-0.3, -0.25) is 24.0 Å². The lowest BCUT2D eigenvalue weighted by Gasteiger charge is -2.49. The third kappa shape index (κ3) is 12.3. The molecule has 10 heteroatoms. The molecule has 20 fully saturated rings. The number of carbonyl (C=O) groups excluding carboxylic acids is 5. The van der Waals surface area contributed by atoms with Crippen molar-refractivity contribution in [2.75, 3.05) is 0 Å². The standard InChI is InChI=1S/C21H34O2.C20H32O2.2C19H30O2.C18H28O2/c1-6-20(4,5)19(22)23-21(12(2)3)11-15-10-16(21)18-14-8-7-13(9-14)17(15)18;1-5-19(3,4)18(21)22-20(6-2)11-14-10-15(20)17-13-8-7-12(9-13)16(14)17;1-5-18(2,3)17(20)21-19(4)10-13-9-14(19)16-12-7-6-11(8-12)15(13)16;1-4-11(3)18(20)21-19(5-2)10-14-9-15(19)17-13-7-6-12(8-13)16(14)17;1-4-10(2)17(19)20-18(3)9-13-8-14(18)16-12-6-5-11(7-12)15(13)16/h12-18H,6-11H2,1-5H3;12-17H,5-11H2,1-4H3;11-16H,5-10H2,1-4H3;11-17H,4-10H2,1-3H3;10-16H,4-9H2,1-3H3. The van der Waals surface area contributed by atoms with E-state index in [9.17, 15) is 24.0 Å². The number of carbonyl (C=O) groups is 5. The highest BCUT2D eigenvalue weighted by molar-refractivity contribution is 5.78. The molecule has 0 aromatic carbocycles. The van der Waals surface area contributed by atoms with Crippen LogP contribution < -0.4 is 0 Å². The minimum atomic E-state index is -0.349. The van der Waals surface area contributed by atoms with E-state index in [2.05, 4.69) is 76.2 Å². The van der Waals surface area contributed by atoms with Gasteiger partial charge in [0.15, 0.2) is 0 Å². The van der Waals surface area contributed by atoms with Gasteiger partial charge in [0.2, 0.25) is 0 Å². The highest BCUT2D eigenvalue weighted by atomic mass is 16.6. The second-order valence-corrected chi connectivity index (χ2v) is 45.4. The molecular formula is C97H154O10. The molecule has 0 aliphatic heterocycles. The number of rotatable bonds is 18. The molecule has 37 unspecified atom stereocenters. The zero-order valence-corrected chi connectivity index (χ0v) is 71.3. The van der Waals surface area contributed by atoms with Crippen molar-refractivity contribution in [3.05, 3.63) is 0 Å². The zero-order valence-electron chi connectivity index (χ0n) is 71.3. The Morgan fingerprint density at radius 2 is 0.579 bits per heavy atom. The first-order chi connectivity index (χ1) is 50.7. The van der Waals surface area contributed by atoms with Crippen LogP contribution in [0.2, 0.25) is 0 Å². The largest absolute Gasteiger partial charge is 0.459 e. The third-order valence-electron chi connectivity index (χ3n) is 39.8. The quantitative estimate of drug-likeness (QED) is 0.0742. The number of fused-ring (bicyclic) bond motifs is 45. The Morgan fingerprint density at radius 1 is 0.308 bits per heavy atom. The van der Waals surface area contributed by atoms with Gasteiger partial charge in [0.05, 0.1) is 28.1 Å². The van der Waals surface area contributed by atoms with Gasteiger partial charge in [-0.15, -0.1) is 0 Å². The molecule has 20 aliphatic rings. The highest BCUT2D eigenvalue weighted by Gasteiger charge is 2.74. The SMILES string of the molecule is CCC(C)(C)C(=O)OC1(C(C)C)CC2CC1C1C3CCC(C3)C21.CCC(C)(C)C(=O)OC1(C)CC2CC1C1C3CCC(C3)C21.CCC(C)(C)C(=O)OC1(CC)CC2CC1C1C3CCC(C3)C21.CCC(C)C(=O)OC1(C)CC2CC1C1C3CCC(C3)C21.CCC(C)C(=O)OC1(CC)CC2CC1C1C3CCC(C3)C21. The molecule has 0 N–H and O–H groups in total. The molecular weight excluding hydrogens is 1330 g/mol. The summed E-state index contributed by atoms with van der Waals surface area (Å²) in [6.45, 7) is 40.1. The van der Waals surface area contributed by atoms with Gasteiger partial charge in [0.25, 0.3) is 0 Å². The van der Waals surface area contributed by atoms with Crippen LogP contribution in [0.3, 0.4) is 0 Å². The fraction of sp³-hybridized carbons (Fsp3) is 0.948. The number of hydrogen-bond donors (Lipinski definition) is 0. The molecule has 20 bridgehead atoms. The normalized spacial score (nSPS) is 50.1. The van der Waals surface area contributed by atoms with Gasteiger partial charge < -0.3 is 23.7 Å². The van der Waals surface area contributed by atoms with E-state index in [1.807, 2.05) is 55.4 Å². The van der Waals surface area contributed by atoms with Gasteiger partial charge in [-0.1, -0.05) is 76.2 Å². The average molecular weight is 1480 g/mol. The van der Waals surface area contributed by atoms with E-state index in [0.717, 1.165) is 219 Å². The maximum Gasteiger partial charge on any atom is 0.312 e. The van der Waals surface area contributed by atoms with Crippen LogP contribution in [-0.4, -0.2) is 57.9 Å². The van der Waals surface area contributed by atoms with E-state index in [1.54, 1.807) is 0 Å². The molecule has 20 aliphatic carbocycles. The van der Waals surface area contributed by atoms with Crippen molar-refractivity contribution < 1.29 is 47.7 Å². The fourth-order valence-electron chi connectivity index (χ4n) is 33.5. The molecule has 20 saturated carbocycles. The molecule has 20 rings (SSSR count). The van der Waals surface area contributed by atoms with Crippen molar-refractivity contribution in [2.45, 2.75) is 365 Å². The first kappa shape index (κ1) is 78.2. The molecule has 0 amide bonds. The van der Waals surface area contributed by atoms with Crippen LogP contribution in [0.15, 0.2) is 0 Å². The predicted molar refractivity (Wildman–Crippen MR) is 422 cm³/mol. The second-order valence-electron chi connectivity index (χ2n) is 45.4. The first-order valence-corrected chi connectivity index (χ1v) is 46.9. The Kier molecular flexibility index (Phi) is 20.5. The Labute approximate surface area is 650 Å². The summed E-state index contributed by atoms with van der Waals surface area (Å²) in [5.74, 6) is 27.5. The lowest BCUT2D eigenvalue weighted by atomic mass is 9.63. The van der Waals surface area contributed by atoms with Crippen LogP contribution in [0.5, 0.6) is 0 Å². The van der Waals surface area contributed by atoms with Gasteiger partial charge in [-0.25, -0.2) is 0 Å². The minimum absolute atomic E-state index is 0.0276. The molecule has 602 valence electrons. The molecule has 0 heterocycles. The van der Waals surface area contributed by atoms with Crippen molar-refractivity contribution in [3.8, 4) is 0 Å². The van der Waals surface area contributed by atoms with Crippen LogP contribution in [0.4, 0.5) is 0 Å². The van der Waals surface area contributed by atoms with Gasteiger partial charge >= 0.3 is 29.8 Å². The third-order valence-corrected chi connectivity index (χ3v) is 39.8. The molecule has 10 nitrogen and oxygen atoms in total. The topological polar surface area (TPSA) is 132 Å². The van der Waals surface area contributed by atoms with Crippen molar-refractivity contribution in [2.24, 2.45) is 212 Å². The summed E-state index contributed by atoms with van der Waals surface area (Å²) >= 11 is 0. The summed E-state index contributed by atoms with van der Waals surface area (Å²) in [6.07, 6.45) is 40.9. The van der Waals surface area contributed by atoms with Crippen LogP contribution in [0.1, 0.15) is 337 Å². The minimum Gasteiger partial charge on any atom is -0.459 e. The van der Waals surface area contributed by atoms with Gasteiger partial charge in [-0.2, -0.15) is 0 Å². The summed E-state index contributed by atoms with van der Waals surface area (Å²) in [5, 5.41) is 0. The second kappa shape index (κ2) is 28.1. The Morgan fingerprint density at radius 3 is 0.925 bits per heavy atom. The van der Waals surface area contributed by atoms with E-state index in [-0.39, 0.29) is 85.9 Å². The van der Waals surface area contributed by atoms with Gasteiger partial charge in [0.1, 0.15) is 28.0 Å². The van der Waals surface area contributed by atoms with Gasteiger partial charge in [0, 0.05) is 29.6 Å². The Hall–Kier alpha value is -2.65. The van der Waals surface area contributed by atoms with Crippen molar-refractivity contribution >= 4 is 29.8 Å². The number of hydrogen-bond acceptors (Lipinski definition) is 10. The fourth-order valence-corrected chi connectivity index (χ4v) is 33.5. The molecule has 107 heavy (non-hydrogen) atoms. The van der Waals surface area contributed by atoms with Crippen LogP contribution >= 0.6 is 0 Å². The summed E-state index contributed by atoms with van der Waals surface area (Å²) in [5.41, 5.74) is -1.72. The molecule has 0 radical (unpaired) electrons. The van der Waals surface area contributed by atoms with E-state index in [0.29, 0.717) is 35.5 Å². The van der Waals surface area contributed by atoms with E-state index in [4.69, 9.17) is 23.7 Å². The van der Waals surface area contributed by atoms with E-state index >= 15 is 0 Å². The lowest BCUT2D eigenvalue weighted by molar-refractivity contribution is -0.191. The highest BCUT2D eigenvalue weighted by Crippen LogP contribution is 2.76. The maximum atomic E-state index is 12.9. The first-order valence-electron chi connectivity index (χ1n) is 46.9. The van der Waals surface area contributed by atoms with Crippen LogP contribution in [0.25, 0.3) is 0 Å².